The van der Waals surface area contributed by atoms with Crippen LogP contribution in [0.4, 0.5) is 0 Å². The minimum absolute atomic E-state index is 0.113. The van der Waals surface area contributed by atoms with Crippen molar-refractivity contribution in [1.82, 2.24) is 18.8 Å². The molecule has 0 bridgehead atoms. The summed E-state index contributed by atoms with van der Waals surface area (Å²) in [7, 11) is -3.34. The van der Waals surface area contributed by atoms with E-state index < -0.39 is 10.2 Å². The van der Waals surface area contributed by atoms with Gasteiger partial charge in [-0.3, -0.25) is 9.69 Å². The molecule has 0 spiro atoms. The number of hydrogen-bond acceptors (Lipinski definition) is 4. The van der Waals surface area contributed by atoms with Crippen molar-refractivity contribution in [2.24, 2.45) is 0 Å². The predicted octanol–water partition coefficient (Wildman–Crippen LogP) is -0.139. The van der Waals surface area contributed by atoms with E-state index in [0.717, 1.165) is 51.9 Å². The Morgan fingerprint density at radius 2 is 1.55 bits per heavy atom. The second-order valence-corrected chi connectivity index (χ2v) is 7.82. The first-order chi connectivity index (χ1) is 10.5. The number of rotatable bonds is 5. The molecule has 2 heterocycles. The van der Waals surface area contributed by atoms with Gasteiger partial charge in [-0.25, -0.2) is 4.72 Å². The highest BCUT2D eigenvalue weighted by Gasteiger charge is 2.23. The van der Waals surface area contributed by atoms with Gasteiger partial charge in [-0.1, -0.05) is 12.8 Å². The molecule has 1 N–H and O–H groups in total. The van der Waals surface area contributed by atoms with E-state index in [9.17, 15) is 13.2 Å². The fraction of sp³-hybridized carbons (Fsp3) is 0.929. The lowest BCUT2D eigenvalue weighted by Crippen LogP contribution is -2.50. The number of nitrogens with zero attached hydrogens (tertiary/aromatic N) is 3. The van der Waals surface area contributed by atoms with Crippen LogP contribution in [-0.2, 0) is 15.0 Å². The van der Waals surface area contributed by atoms with Crippen LogP contribution < -0.4 is 4.72 Å². The molecule has 8 heteroatoms. The van der Waals surface area contributed by atoms with Crippen LogP contribution in [0.5, 0.6) is 0 Å². The summed E-state index contributed by atoms with van der Waals surface area (Å²) in [5.41, 5.74) is 0. The van der Waals surface area contributed by atoms with Gasteiger partial charge in [0.05, 0.1) is 0 Å². The molecule has 0 radical (unpaired) electrons. The first kappa shape index (κ1) is 17.7. The largest absolute Gasteiger partial charge is 0.340 e. The summed E-state index contributed by atoms with van der Waals surface area (Å²) >= 11 is 0. The highest BCUT2D eigenvalue weighted by Crippen LogP contribution is 2.12. The third kappa shape index (κ3) is 5.19. The number of nitrogens with one attached hydrogen (secondary N) is 1. The highest BCUT2D eigenvalue weighted by molar-refractivity contribution is 7.87. The van der Waals surface area contributed by atoms with Crippen molar-refractivity contribution in [2.75, 3.05) is 52.4 Å². The zero-order valence-electron chi connectivity index (χ0n) is 13.5. The summed E-state index contributed by atoms with van der Waals surface area (Å²) in [5, 5.41) is 0. The average Bonchev–Trinajstić information content (AvgIpc) is 2.77. The molecule has 128 valence electrons. The van der Waals surface area contributed by atoms with E-state index in [0.29, 0.717) is 26.2 Å². The van der Waals surface area contributed by atoms with Gasteiger partial charge in [0.2, 0.25) is 5.91 Å². The first-order valence-corrected chi connectivity index (χ1v) is 9.65. The molecule has 0 aromatic carbocycles. The third-order valence-corrected chi connectivity index (χ3v) is 6.05. The molecule has 1 amide bonds. The Bertz CT molecular complexity index is 453. The van der Waals surface area contributed by atoms with Crippen molar-refractivity contribution in [3.63, 3.8) is 0 Å². The Kier molecular flexibility index (Phi) is 6.61. The molecule has 7 nitrogen and oxygen atoms in total. The quantitative estimate of drug-likeness (QED) is 0.761. The Balaban J connectivity index is 1.70. The summed E-state index contributed by atoms with van der Waals surface area (Å²) in [5.74, 6) is 0.113. The number of amides is 1. The average molecular weight is 332 g/mol. The fourth-order valence-corrected chi connectivity index (χ4v) is 4.26. The van der Waals surface area contributed by atoms with E-state index in [2.05, 4.69) is 9.62 Å². The van der Waals surface area contributed by atoms with E-state index in [1.165, 1.54) is 0 Å². The van der Waals surface area contributed by atoms with Crippen LogP contribution in [-0.4, -0.2) is 80.8 Å². The SMILES string of the molecule is CC(=O)N1CCN(CCNS(=O)(=O)N2CCCCCC2)CC1. The van der Waals surface area contributed by atoms with Gasteiger partial charge in [0, 0.05) is 59.3 Å². The molecule has 2 fully saturated rings. The smallest absolute Gasteiger partial charge is 0.279 e. The maximum Gasteiger partial charge on any atom is 0.279 e. The van der Waals surface area contributed by atoms with Crippen LogP contribution in [0.1, 0.15) is 32.6 Å². The minimum atomic E-state index is -3.34. The monoisotopic (exact) mass is 332 g/mol. The van der Waals surface area contributed by atoms with Gasteiger partial charge in [0.1, 0.15) is 0 Å². The van der Waals surface area contributed by atoms with Crippen molar-refractivity contribution in [3.05, 3.63) is 0 Å². The van der Waals surface area contributed by atoms with Crippen LogP contribution in [0.25, 0.3) is 0 Å². The lowest BCUT2D eigenvalue weighted by molar-refractivity contribution is -0.130. The number of carbonyl (C=O) groups is 1. The van der Waals surface area contributed by atoms with E-state index in [1.807, 2.05) is 4.90 Å². The molecule has 2 rings (SSSR count). The Morgan fingerprint density at radius 3 is 2.09 bits per heavy atom. The Hall–Kier alpha value is -0.700. The van der Waals surface area contributed by atoms with Crippen molar-refractivity contribution in [1.29, 1.82) is 0 Å². The molecule has 0 saturated carbocycles. The number of carbonyl (C=O) groups excluding carboxylic acids is 1. The van der Waals surface area contributed by atoms with Crippen molar-refractivity contribution in [3.8, 4) is 0 Å². The summed E-state index contributed by atoms with van der Waals surface area (Å²) in [6.45, 7) is 7.06. The molecule has 0 unspecified atom stereocenters. The zero-order valence-corrected chi connectivity index (χ0v) is 14.3. The van der Waals surface area contributed by atoms with Crippen LogP contribution in [0.2, 0.25) is 0 Å². The van der Waals surface area contributed by atoms with Gasteiger partial charge in [-0.2, -0.15) is 12.7 Å². The third-order valence-electron chi connectivity index (χ3n) is 4.44. The second-order valence-electron chi connectivity index (χ2n) is 6.06. The van der Waals surface area contributed by atoms with E-state index >= 15 is 0 Å². The second kappa shape index (κ2) is 8.24. The maximum absolute atomic E-state index is 12.3. The van der Waals surface area contributed by atoms with Crippen molar-refractivity contribution in [2.45, 2.75) is 32.6 Å². The van der Waals surface area contributed by atoms with Gasteiger partial charge in [-0.15, -0.1) is 0 Å². The molecule has 0 aromatic rings. The van der Waals surface area contributed by atoms with Crippen LogP contribution in [0.15, 0.2) is 0 Å². The Morgan fingerprint density at radius 1 is 0.955 bits per heavy atom. The summed E-state index contributed by atoms with van der Waals surface area (Å²) in [4.78, 5) is 15.3. The minimum Gasteiger partial charge on any atom is -0.340 e. The molecule has 22 heavy (non-hydrogen) atoms. The molecular weight excluding hydrogens is 304 g/mol. The molecule has 0 atom stereocenters. The van der Waals surface area contributed by atoms with Crippen molar-refractivity contribution < 1.29 is 13.2 Å². The lowest BCUT2D eigenvalue weighted by Gasteiger charge is -2.34. The lowest BCUT2D eigenvalue weighted by atomic mass is 10.2. The van der Waals surface area contributed by atoms with E-state index in [-0.39, 0.29) is 5.91 Å². The summed E-state index contributed by atoms with van der Waals surface area (Å²) < 4.78 is 28.8. The summed E-state index contributed by atoms with van der Waals surface area (Å²) in [6.07, 6.45) is 4.14. The van der Waals surface area contributed by atoms with Crippen LogP contribution in [0, 0.1) is 0 Å². The van der Waals surface area contributed by atoms with Crippen LogP contribution in [0.3, 0.4) is 0 Å². The van der Waals surface area contributed by atoms with Gasteiger partial charge >= 0.3 is 0 Å². The van der Waals surface area contributed by atoms with E-state index in [4.69, 9.17) is 0 Å². The fourth-order valence-electron chi connectivity index (χ4n) is 2.99. The molecule has 0 aromatic heterocycles. The number of piperazine rings is 1. The van der Waals surface area contributed by atoms with Gasteiger partial charge in [-0.05, 0) is 12.8 Å². The summed E-state index contributed by atoms with van der Waals surface area (Å²) in [6, 6.07) is 0. The maximum atomic E-state index is 12.3. The molecule has 2 saturated heterocycles. The van der Waals surface area contributed by atoms with E-state index in [1.54, 1.807) is 11.2 Å². The standard InChI is InChI=1S/C14H28N4O3S/c1-14(19)17-12-10-16(11-13-17)9-6-15-22(20,21)18-7-4-2-3-5-8-18/h15H,2-13H2,1H3. The Labute approximate surface area is 133 Å². The van der Waals surface area contributed by atoms with Gasteiger partial charge in [0.25, 0.3) is 10.2 Å². The molecule has 2 aliphatic rings. The molecule has 2 aliphatic heterocycles. The van der Waals surface area contributed by atoms with Gasteiger partial charge in [0.15, 0.2) is 0 Å². The molecule has 0 aliphatic carbocycles. The zero-order chi connectivity index (χ0) is 16.0. The molecular formula is C14H28N4O3S. The predicted molar refractivity (Wildman–Crippen MR) is 85.7 cm³/mol. The van der Waals surface area contributed by atoms with Crippen molar-refractivity contribution >= 4 is 16.1 Å². The van der Waals surface area contributed by atoms with Crippen LogP contribution >= 0.6 is 0 Å². The normalized spacial score (nSPS) is 22.5. The topological polar surface area (TPSA) is 73.0 Å². The van der Waals surface area contributed by atoms with Gasteiger partial charge < -0.3 is 4.90 Å². The highest BCUT2D eigenvalue weighted by atomic mass is 32.2. The first-order valence-electron chi connectivity index (χ1n) is 8.21. The number of hydrogen-bond donors (Lipinski definition) is 1.